The Morgan fingerprint density at radius 2 is 1.91 bits per heavy atom. The summed E-state index contributed by atoms with van der Waals surface area (Å²) in [5, 5.41) is 17.6. The molecule has 0 aromatic rings. The number of hydrogen-bond acceptors (Lipinski definition) is 5. The molecule has 0 aromatic carbocycles. The largest absolute Gasteiger partial charge is 0.396 e. The standard InChI is InChI=1S/C14H31N5O2S/c1-16-14(17-2)19-7-3-6-12(15)13(21)18-8-4-10-22-11-5-9-20/h12,20H,3-11,15H2,1-2H3,(H,18,21)(H2,16,17,19). The second kappa shape index (κ2) is 14.9. The number of nitrogens with one attached hydrogen (secondary N) is 3. The summed E-state index contributed by atoms with van der Waals surface area (Å²) in [5.74, 6) is 2.60. The van der Waals surface area contributed by atoms with E-state index < -0.39 is 6.04 Å². The molecule has 130 valence electrons. The van der Waals surface area contributed by atoms with Crippen LogP contribution in [0.4, 0.5) is 0 Å². The summed E-state index contributed by atoms with van der Waals surface area (Å²) < 4.78 is 0. The maximum Gasteiger partial charge on any atom is 0.236 e. The maximum absolute atomic E-state index is 11.8. The summed E-state index contributed by atoms with van der Waals surface area (Å²) in [7, 11) is 3.51. The third-order valence-electron chi connectivity index (χ3n) is 2.99. The lowest BCUT2D eigenvalue weighted by Crippen LogP contribution is -2.42. The Bertz CT molecular complexity index is 316. The number of aliphatic imine (C=N–C) groups is 1. The van der Waals surface area contributed by atoms with Gasteiger partial charge in [0.05, 0.1) is 6.04 Å². The van der Waals surface area contributed by atoms with Crippen LogP contribution in [0, 0.1) is 0 Å². The van der Waals surface area contributed by atoms with Crippen molar-refractivity contribution < 1.29 is 9.90 Å². The molecule has 0 radical (unpaired) electrons. The Balaban J connectivity index is 3.54. The van der Waals surface area contributed by atoms with Crippen LogP contribution < -0.4 is 21.7 Å². The first-order valence-corrected chi connectivity index (χ1v) is 8.91. The molecule has 0 rings (SSSR count). The topological polar surface area (TPSA) is 112 Å². The van der Waals surface area contributed by atoms with Crippen molar-refractivity contribution in [3.8, 4) is 0 Å². The summed E-state index contributed by atoms with van der Waals surface area (Å²) >= 11 is 1.79. The zero-order valence-electron chi connectivity index (χ0n) is 13.7. The number of carbonyl (C=O) groups is 1. The van der Waals surface area contributed by atoms with Gasteiger partial charge in [-0.05, 0) is 37.2 Å². The lowest BCUT2D eigenvalue weighted by Gasteiger charge is -2.13. The Morgan fingerprint density at radius 3 is 2.55 bits per heavy atom. The van der Waals surface area contributed by atoms with Gasteiger partial charge in [-0.25, -0.2) is 0 Å². The zero-order valence-corrected chi connectivity index (χ0v) is 14.5. The number of aliphatic hydroxyl groups is 1. The van der Waals surface area contributed by atoms with E-state index in [1.54, 1.807) is 25.9 Å². The maximum atomic E-state index is 11.8. The molecular weight excluding hydrogens is 302 g/mol. The minimum atomic E-state index is -0.458. The first-order valence-electron chi connectivity index (χ1n) is 7.76. The molecule has 0 aliphatic carbocycles. The monoisotopic (exact) mass is 333 g/mol. The first kappa shape index (κ1) is 21.0. The molecule has 1 atom stereocenters. The Morgan fingerprint density at radius 1 is 1.23 bits per heavy atom. The molecule has 8 heteroatoms. The fourth-order valence-corrected chi connectivity index (χ4v) is 2.61. The molecule has 0 aliphatic heterocycles. The first-order chi connectivity index (χ1) is 10.7. The van der Waals surface area contributed by atoms with Crippen LogP contribution in [0.3, 0.4) is 0 Å². The van der Waals surface area contributed by atoms with E-state index in [2.05, 4.69) is 20.9 Å². The highest BCUT2D eigenvalue weighted by molar-refractivity contribution is 7.99. The molecule has 1 unspecified atom stereocenters. The minimum Gasteiger partial charge on any atom is -0.396 e. The Kier molecular flexibility index (Phi) is 14.3. The number of rotatable bonds is 12. The van der Waals surface area contributed by atoms with E-state index in [9.17, 15) is 4.79 Å². The lowest BCUT2D eigenvalue weighted by molar-refractivity contribution is -0.122. The van der Waals surface area contributed by atoms with Crippen LogP contribution >= 0.6 is 11.8 Å². The number of nitrogens with two attached hydrogens (primary N) is 1. The molecular formula is C14H31N5O2S. The van der Waals surface area contributed by atoms with Crippen molar-refractivity contribution in [2.45, 2.75) is 31.7 Å². The van der Waals surface area contributed by atoms with Gasteiger partial charge >= 0.3 is 0 Å². The lowest BCUT2D eigenvalue weighted by atomic mass is 10.1. The van der Waals surface area contributed by atoms with Gasteiger partial charge in [0.1, 0.15) is 0 Å². The van der Waals surface area contributed by atoms with Crippen LogP contribution in [0.2, 0.25) is 0 Å². The highest BCUT2D eigenvalue weighted by atomic mass is 32.2. The SMILES string of the molecule is CN=C(NC)NCCCC(N)C(=O)NCCCSCCCO. The average molecular weight is 334 g/mol. The average Bonchev–Trinajstić information content (AvgIpc) is 2.53. The van der Waals surface area contributed by atoms with E-state index in [0.717, 1.165) is 43.3 Å². The molecule has 0 saturated heterocycles. The van der Waals surface area contributed by atoms with Crippen LogP contribution in [-0.2, 0) is 4.79 Å². The summed E-state index contributed by atoms with van der Waals surface area (Å²) in [4.78, 5) is 15.8. The third kappa shape index (κ3) is 11.6. The van der Waals surface area contributed by atoms with E-state index >= 15 is 0 Å². The number of carbonyl (C=O) groups excluding carboxylic acids is 1. The van der Waals surface area contributed by atoms with Crippen molar-refractivity contribution in [1.29, 1.82) is 0 Å². The predicted octanol–water partition coefficient (Wildman–Crippen LogP) is -0.489. The molecule has 0 spiro atoms. The van der Waals surface area contributed by atoms with Gasteiger partial charge in [0.25, 0.3) is 0 Å². The number of aliphatic hydroxyl groups excluding tert-OH is 1. The van der Waals surface area contributed by atoms with Crippen LogP contribution in [0.1, 0.15) is 25.7 Å². The van der Waals surface area contributed by atoms with Crippen molar-refractivity contribution in [2.24, 2.45) is 10.7 Å². The number of guanidine groups is 1. The van der Waals surface area contributed by atoms with Crippen molar-refractivity contribution in [1.82, 2.24) is 16.0 Å². The number of nitrogens with zero attached hydrogens (tertiary/aromatic N) is 1. The van der Waals surface area contributed by atoms with Gasteiger partial charge in [-0.15, -0.1) is 0 Å². The minimum absolute atomic E-state index is 0.0849. The van der Waals surface area contributed by atoms with Gasteiger partial charge in [-0.1, -0.05) is 0 Å². The molecule has 0 aliphatic rings. The highest BCUT2D eigenvalue weighted by Crippen LogP contribution is 2.03. The van der Waals surface area contributed by atoms with Crippen molar-refractivity contribution in [3.63, 3.8) is 0 Å². The molecule has 1 amide bonds. The van der Waals surface area contributed by atoms with Gasteiger partial charge in [-0.2, -0.15) is 11.8 Å². The number of hydrogen-bond donors (Lipinski definition) is 5. The van der Waals surface area contributed by atoms with Crippen molar-refractivity contribution >= 4 is 23.6 Å². The smallest absolute Gasteiger partial charge is 0.236 e. The quantitative estimate of drug-likeness (QED) is 0.187. The van der Waals surface area contributed by atoms with E-state index in [0.29, 0.717) is 13.0 Å². The fourth-order valence-electron chi connectivity index (χ4n) is 1.72. The van der Waals surface area contributed by atoms with Crippen LogP contribution in [-0.4, -0.2) is 68.3 Å². The number of thioether (sulfide) groups is 1. The highest BCUT2D eigenvalue weighted by Gasteiger charge is 2.12. The molecule has 0 fully saturated rings. The van der Waals surface area contributed by atoms with E-state index in [4.69, 9.17) is 10.8 Å². The Labute approximate surface area is 137 Å². The Hall–Kier alpha value is -0.990. The van der Waals surface area contributed by atoms with Gasteiger partial charge in [0.2, 0.25) is 5.91 Å². The second-order valence-corrected chi connectivity index (χ2v) is 6.06. The summed E-state index contributed by atoms with van der Waals surface area (Å²) in [6.45, 7) is 1.63. The van der Waals surface area contributed by atoms with Gasteiger partial charge in [-0.3, -0.25) is 9.79 Å². The van der Waals surface area contributed by atoms with E-state index in [-0.39, 0.29) is 12.5 Å². The van der Waals surface area contributed by atoms with Gasteiger partial charge < -0.3 is 26.8 Å². The zero-order chi connectivity index (χ0) is 16.6. The van der Waals surface area contributed by atoms with E-state index in [1.165, 1.54) is 0 Å². The molecule has 6 N–H and O–H groups in total. The normalized spacial score (nSPS) is 12.8. The third-order valence-corrected chi connectivity index (χ3v) is 4.15. The van der Waals surface area contributed by atoms with Crippen molar-refractivity contribution in [3.05, 3.63) is 0 Å². The molecule has 0 saturated carbocycles. The fraction of sp³-hybridized carbons (Fsp3) is 0.857. The van der Waals surface area contributed by atoms with E-state index in [1.807, 2.05) is 0 Å². The molecule has 0 aromatic heterocycles. The molecule has 0 bridgehead atoms. The van der Waals surface area contributed by atoms with Crippen LogP contribution in [0.5, 0.6) is 0 Å². The summed E-state index contributed by atoms with van der Waals surface area (Å²) in [6.07, 6.45) is 3.21. The predicted molar refractivity (Wildman–Crippen MR) is 94.3 cm³/mol. The second-order valence-electron chi connectivity index (χ2n) is 4.83. The van der Waals surface area contributed by atoms with Gasteiger partial charge in [0, 0.05) is 33.8 Å². The van der Waals surface area contributed by atoms with Crippen molar-refractivity contribution in [2.75, 3.05) is 45.3 Å². The summed E-state index contributed by atoms with van der Waals surface area (Å²) in [5.41, 5.74) is 5.86. The molecule has 22 heavy (non-hydrogen) atoms. The van der Waals surface area contributed by atoms with Gasteiger partial charge in [0.15, 0.2) is 5.96 Å². The summed E-state index contributed by atoms with van der Waals surface area (Å²) in [6, 6.07) is -0.458. The van der Waals surface area contributed by atoms with Crippen LogP contribution in [0.25, 0.3) is 0 Å². The molecule has 7 nitrogen and oxygen atoms in total. The van der Waals surface area contributed by atoms with Crippen LogP contribution in [0.15, 0.2) is 4.99 Å². The number of amides is 1. The molecule has 0 heterocycles.